The SMILES string of the molecule is COc1ccccc1CNc1ccc(C)c(N(C)C)c1. The van der Waals surface area contributed by atoms with E-state index in [2.05, 4.69) is 55.5 Å². The van der Waals surface area contributed by atoms with Crippen molar-refractivity contribution in [2.75, 3.05) is 31.4 Å². The van der Waals surface area contributed by atoms with E-state index in [1.165, 1.54) is 11.3 Å². The number of aryl methyl sites for hydroxylation is 1. The van der Waals surface area contributed by atoms with E-state index < -0.39 is 0 Å². The molecule has 0 aromatic heterocycles. The molecule has 0 fully saturated rings. The molecule has 0 amide bonds. The number of ether oxygens (including phenoxy) is 1. The Morgan fingerprint density at radius 3 is 2.55 bits per heavy atom. The molecule has 2 rings (SSSR count). The summed E-state index contributed by atoms with van der Waals surface area (Å²) >= 11 is 0. The molecule has 2 aromatic carbocycles. The molecule has 2 aromatic rings. The summed E-state index contributed by atoms with van der Waals surface area (Å²) in [5.74, 6) is 0.917. The van der Waals surface area contributed by atoms with E-state index in [0.29, 0.717) is 0 Å². The topological polar surface area (TPSA) is 24.5 Å². The van der Waals surface area contributed by atoms with Crippen LogP contribution in [0.15, 0.2) is 42.5 Å². The van der Waals surface area contributed by atoms with E-state index in [9.17, 15) is 0 Å². The van der Waals surface area contributed by atoms with Crippen molar-refractivity contribution in [1.29, 1.82) is 0 Å². The van der Waals surface area contributed by atoms with E-state index in [1.807, 2.05) is 18.2 Å². The summed E-state index contributed by atoms with van der Waals surface area (Å²) in [7, 11) is 5.83. The lowest BCUT2D eigenvalue weighted by Crippen LogP contribution is -2.11. The molecule has 0 unspecified atom stereocenters. The maximum atomic E-state index is 5.37. The third-order valence-electron chi connectivity index (χ3n) is 3.37. The van der Waals surface area contributed by atoms with Gasteiger partial charge in [0.1, 0.15) is 5.75 Å². The molecule has 0 aliphatic carbocycles. The largest absolute Gasteiger partial charge is 0.496 e. The molecule has 20 heavy (non-hydrogen) atoms. The van der Waals surface area contributed by atoms with E-state index in [1.54, 1.807) is 7.11 Å². The zero-order valence-corrected chi connectivity index (χ0v) is 12.6. The van der Waals surface area contributed by atoms with Crippen molar-refractivity contribution < 1.29 is 4.74 Å². The van der Waals surface area contributed by atoms with Crippen LogP contribution in [0.1, 0.15) is 11.1 Å². The van der Waals surface area contributed by atoms with Crippen molar-refractivity contribution in [1.82, 2.24) is 0 Å². The Morgan fingerprint density at radius 2 is 1.85 bits per heavy atom. The maximum Gasteiger partial charge on any atom is 0.123 e. The van der Waals surface area contributed by atoms with Gasteiger partial charge in [-0.05, 0) is 30.7 Å². The van der Waals surface area contributed by atoms with Gasteiger partial charge in [-0.3, -0.25) is 0 Å². The molecule has 0 spiro atoms. The lowest BCUT2D eigenvalue weighted by atomic mass is 10.1. The van der Waals surface area contributed by atoms with Gasteiger partial charge in [0, 0.05) is 37.6 Å². The Bertz CT molecular complexity index is 579. The highest BCUT2D eigenvalue weighted by atomic mass is 16.5. The predicted molar refractivity (Wildman–Crippen MR) is 85.8 cm³/mol. The van der Waals surface area contributed by atoms with Crippen molar-refractivity contribution in [2.24, 2.45) is 0 Å². The summed E-state index contributed by atoms with van der Waals surface area (Å²) in [6.45, 7) is 2.87. The molecular formula is C17H22N2O. The molecule has 0 saturated heterocycles. The Morgan fingerprint density at radius 1 is 1.10 bits per heavy atom. The molecule has 0 aliphatic heterocycles. The molecule has 0 saturated carbocycles. The van der Waals surface area contributed by atoms with Gasteiger partial charge >= 0.3 is 0 Å². The normalized spacial score (nSPS) is 10.2. The number of nitrogens with zero attached hydrogens (tertiary/aromatic N) is 1. The van der Waals surface area contributed by atoms with Crippen molar-refractivity contribution >= 4 is 11.4 Å². The molecular weight excluding hydrogens is 248 g/mol. The predicted octanol–water partition coefficient (Wildman–Crippen LogP) is 3.68. The molecule has 3 nitrogen and oxygen atoms in total. The fourth-order valence-electron chi connectivity index (χ4n) is 2.25. The van der Waals surface area contributed by atoms with E-state index >= 15 is 0 Å². The highest BCUT2D eigenvalue weighted by Crippen LogP contribution is 2.24. The molecule has 0 heterocycles. The van der Waals surface area contributed by atoms with E-state index in [-0.39, 0.29) is 0 Å². The number of para-hydroxylation sites is 1. The number of nitrogens with one attached hydrogen (secondary N) is 1. The molecule has 0 atom stereocenters. The first-order valence-corrected chi connectivity index (χ1v) is 6.75. The van der Waals surface area contributed by atoms with E-state index in [0.717, 1.165) is 23.5 Å². The van der Waals surface area contributed by atoms with Gasteiger partial charge in [0.25, 0.3) is 0 Å². The van der Waals surface area contributed by atoms with Crippen molar-refractivity contribution in [3.63, 3.8) is 0 Å². The fraction of sp³-hybridized carbons (Fsp3) is 0.294. The monoisotopic (exact) mass is 270 g/mol. The Hall–Kier alpha value is -2.16. The minimum Gasteiger partial charge on any atom is -0.496 e. The van der Waals surface area contributed by atoms with Crippen molar-refractivity contribution in [2.45, 2.75) is 13.5 Å². The van der Waals surface area contributed by atoms with Crippen LogP contribution in [-0.2, 0) is 6.54 Å². The summed E-state index contributed by atoms with van der Waals surface area (Å²) in [5, 5.41) is 3.45. The maximum absolute atomic E-state index is 5.37. The van der Waals surface area contributed by atoms with Gasteiger partial charge in [0.2, 0.25) is 0 Å². The quantitative estimate of drug-likeness (QED) is 0.897. The van der Waals surface area contributed by atoms with Gasteiger partial charge in [-0.15, -0.1) is 0 Å². The number of rotatable bonds is 5. The lowest BCUT2D eigenvalue weighted by Gasteiger charge is -2.18. The smallest absolute Gasteiger partial charge is 0.123 e. The van der Waals surface area contributed by atoms with Crippen LogP contribution in [0.5, 0.6) is 5.75 Å². The third-order valence-corrected chi connectivity index (χ3v) is 3.37. The van der Waals surface area contributed by atoms with Crippen LogP contribution in [0.3, 0.4) is 0 Å². The average molecular weight is 270 g/mol. The van der Waals surface area contributed by atoms with Crippen LogP contribution in [0.25, 0.3) is 0 Å². The third kappa shape index (κ3) is 3.23. The van der Waals surface area contributed by atoms with Crippen molar-refractivity contribution in [3.05, 3.63) is 53.6 Å². The zero-order valence-electron chi connectivity index (χ0n) is 12.6. The summed E-state index contributed by atoms with van der Waals surface area (Å²) in [4.78, 5) is 2.13. The molecule has 106 valence electrons. The number of methoxy groups -OCH3 is 1. The van der Waals surface area contributed by atoms with E-state index in [4.69, 9.17) is 4.74 Å². The average Bonchev–Trinajstić information content (AvgIpc) is 2.46. The molecule has 0 aliphatic rings. The Labute approximate surface area is 121 Å². The standard InChI is InChI=1S/C17H22N2O/c1-13-9-10-15(11-16(13)19(2)3)18-12-14-7-5-6-8-17(14)20-4/h5-11,18H,12H2,1-4H3. The van der Waals surface area contributed by atoms with Gasteiger partial charge < -0.3 is 15.0 Å². The second-order valence-corrected chi connectivity index (χ2v) is 5.06. The second-order valence-electron chi connectivity index (χ2n) is 5.06. The van der Waals surface area contributed by atoms with Gasteiger partial charge in [-0.1, -0.05) is 24.3 Å². The lowest BCUT2D eigenvalue weighted by molar-refractivity contribution is 0.410. The van der Waals surface area contributed by atoms with Crippen molar-refractivity contribution in [3.8, 4) is 5.75 Å². The van der Waals surface area contributed by atoms with Crippen LogP contribution >= 0.6 is 0 Å². The van der Waals surface area contributed by atoms with Gasteiger partial charge in [-0.2, -0.15) is 0 Å². The number of anilines is 2. The summed E-state index contributed by atoms with van der Waals surface area (Å²) in [6.07, 6.45) is 0. The molecule has 0 radical (unpaired) electrons. The van der Waals surface area contributed by atoms with Crippen LogP contribution in [0.4, 0.5) is 11.4 Å². The summed E-state index contributed by atoms with van der Waals surface area (Å²) in [6, 6.07) is 14.5. The molecule has 1 N–H and O–H groups in total. The summed E-state index contributed by atoms with van der Waals surface area (Å²) < 4.78 is 5.37. The van der Waals surface area contributed by atoms with Crippen LogP contribution in [0, 0.1) is 6.92 Å². The Balaban J connectivity index is 2.13. The highest BCUT2D eigenvalue weighted by molar-refractivity contribution is 5.62. The number of hydrogen-bond donors (Lipinski definition) is 1. The van der Waals surface area contributed by atoms with Crippen LogP contribution in [-0.4, -0.2) is 21.2 Å². The first kappa shape index (κ1) is 14.3. The zero-order chi connectivity index (χ0) is 14.5. The van der Waals surface area contributed by atoms with Gasteiger partial charge in [-0.25, -0.2) is 0 Å². The first-order valence-electron chi connectivity index (χ1n) is 6.75. The number of benzene rings is 2. The minimum absolute atomic E-state index is 0.750. The first-order chi connectivity index (χ1) is 9.61. The van der Waals surface area contributed by atoms with Gasteiger partial charge in [0.15, 0.2) is 0 Å². The molecule has 3 heteroatoms. The number of hydrogen-bond acceptors (Lipinski definition) is 3. The summed E-state index contributed by atoms with van der Waals surface area (Å²) in [5.41, 5.74) is 4.78. The molecule has 0 bridgehead atoms. The van der Waals surface area contributed by atoms with Gasteiger partial charge in [0.05, 0.1) is 7.11 Å². The van der Waals surface area contributed by atoms with Crippen LogP contribution in [0.2, 0.25) is 0 Å². The van der Waals surface area contributed by atoms with Crippen LogP contribution < -0.4 is 15.0 Å². The fourth-order valence-corrected chi connectivity index (χ4v) is 2.25. The second kappa shape index (κ2) is 6.33. The minimum atomic E-state index is 0.750. The Kier molecular flexibility index (Phi) is 4.51. The highest BCUT2D eigenvalue weighted by Gasteiger charge is 2.04.